The maximum Gasteiger partial charge on any atom is 0.252 e. The Kier molecular flexibility index (Phi) is 4.47. The van der Waals surface area contributed by atoms with Gasteiger partial charge in [-0.25, -0.2) is 0 Å². The largest absolute Gasteiger partial charge is 0.353 e. The summed E-state index contributed by atoms with van der Waals surface area (Å²) in [6.45, 7) is 1.72. The van der Waals surface area contributed by atoms with Crippen LogP contribution < -0.4 is 10.2 Å². The van der Waals surface area contributed by atoms with Crippen LogP contribution in [0.2, 0.25) is 0 Å². The Morgan fingerprint density at radius 2 is 2.20 bits per heavy atom. The molecular formula is C18H19N5OS. The first kappa shape index (κ1) is 15.8. The smallest absolute Gasteiger partial charge is 0.252 e. The zero-order chi connectivity index (χ0) is 17.1. The number of hydrogen-bond donors (Lipinski definition) is 2. The van der Waals surface area contributed by atoms with Gasteiger partial charge in [-0.15, -0.1) is 0 Å². The Morgan fingerprint density at radius 3 is 3.00 bits per heavy atom. The summed E-state index contributed by atoms with van der Waals surface area (Å²) >= 11 is 1.54. The van der Waals surface area contributed by atoms with Crippen LogP contribution in [0.4, 0.5) is 5.82 Å². The van der Waals surface area contributed by atoms with E-state index in [0.717, 1.165) is 48.6 Å². The van der Waals surface area contributed by atoms with Crippen LogP contribution in [0.15, 0.2) is 47.4 Å². The number of nitrogens with one attached hydrogen (secondary N) is 2. The van der Waals surface area contributed by atoms with Crippen LogP contribution in [0.5, 0.6) is 0 Å². The number of aromatic nitrogens is 3. The van der Waals surface area contributed by atoms with Crippen molar-refractivity contribution in [3.05, 3.63) is 53.0 Å². The van der Waals surface area contributed by atoms with Crippen molar-refractivity contribution in [3.8, 4) is 11.3 Å². The van der Waals surface area contributed by atoms with Crippen LogP contribution in [-0.4, -0.2) is 40.2 Å². The third kappa shape index (κ3) is 3.56. The predicted molar refractivity (Wildman–Crippen MR) is 98.8 cm³/mol. The lowest BCUT2D eigenvalue weighted by Crippen LogP contribution is -2.47. The van der Waals surface area contributed by atoms with Crippen molar-refractivity contribution in [3.63, 3.8) is 0 Å². The number of thiophene rings is 1. The number of pyridine rings is 1. The highest BCUT2D eigenvalue weighted by atomic mass is 32.1. The zero-order valence-corrected chi connectivity index (χ0v) is 14.5. The number of piperidine rings is 1. The van der Waals surface area contributed by atoms with Crippen molar-refractivity contribution >= 4 is 23.1 Å². The van der Waals surface area contributed by atoms with Gasteiger partial charge in [0.25, 0.3) is 5.91 Å². The van der Waals surface area contributed by atoms with Crippen molar-refractivity contribution < 1.29 is 4.79 Å². The summed E-state index contributed by atoms with van der Waals surface area (Å²) < 4.78 is 0. The van der Waals surface area contributed by atoms with Gasteiger partial charge < -0.3 is 10.2 Å². The first-order valence-corrected chi connectivity index (χ1v) is 9.28. The molecule has 4 rings (SSSR count). The maximum atomic E-state index is 12.3. The van der Waals surface area contributed by atoms with Crippen LogP contribution in [0.3, 0.4) is 0 Å². The number of anilines is 1. The average Bonchev–Trinajstić information content (AvgIpc) is 3.35. The summed E-state index contributed by atoms with van der Waals surface area (Å²) in [6.07, 6.45) is 5.57. The van der Waals surface area contributed by atoms with Gasteiger partial charge in [0.1, 0.15) is 0 Å². The van der Waals surface area contributed by atoms with Crippen molar-refractivity contribution in [2.75, 3.05) is 18.0 Å². The lowest BCUT2D eigenvalue weighted by atomic mass is 10.1. The molecule has 3 aromatic rings. The molecule has 0 radical (unpaired) electrons. The van der Waals surface area contributed by atoms with Crippen LogP contribution in [0.1, 0.15) is 23.2 Å². The molecule has 0 aromatic carbocycles. The Labute approximate surface area is 149 Å². The maximum absolute atomic E-state index is 12.3. The fourth-order valence-corrected chi connectivity index (χ4v) is 3.75. The first-order valence-electron chi connectivity index (χ1n) is 8.33. The van der Waals surface area contributed by atoms with Gasteiger partial charge in [0.15, 0.2) is 5.82 Å². The Bertz CT molecular complexity index is 830. The molecule has 0 unspecified atom stereocenters. The molecule has 1 aliphatic rings. The third-order valence-electron chi connectivity index (χ3n) is 4.42. The van der Waals surface area contributed by atoms with E-state index in [1.54, 1.807) is 12.4 Å². The summed E-state index contributed by atoms with van der Waals surface area (Å²) in [4.78, 5) is 18.5. The lowest BCUT2D eigenvalue weighted by Gasteiger charge is -2.33. The molecule has 1 fully saturated rings. The predicted octanol–water partition coefficient (Wildman–Crippen LogP) is 2.93. The minimum absolute atomic E-state index is 0.00704. The van der Waals surface area contributed by atoms with Crippen LogP contribution in [-0.2, 0) is 0 Å². The van der Waals surface area contributed by atoms with Gasteiger partial charge in [0.2, 0.25) is 0 Å². The number of rotatable bonds is 4. The van der Waals surface area contributed by atoms with Crippen molar-refractivity contribution in [1.29, 1.82) is 0 Å². The van der Waals surface area contributed by atoms with Crippen LogP contribution in [0.25, 0.3) is 11.3 Å². The fourth-order valence-electron chi connectivity index (χ4n) is 3.12. The van der Waals surface area contributed by atoms with Gasteiger partial charge in [0, 0.05) is 54.1 Å². The summed E-state index contributed by atoms with van der Waals surface area (Å²) in [5.74, 6) is 0.925. The van der Waals surface area contributed by atoms with E-state index < -0.39 is 0 Å². The molecular weight excluding hydrogens is 334 g/mol. The summed E-state index contributed by atoms with van der Waals surface area (Å²) in [6, 6.07) is 7.96. The second-order valence-electron chi connectivity index (χ2n) is 6.15. The van der Waals surface area contributed by atoms with E-state index in [1.807, 2.05) is 29.0 Å². The normalized spacial score (nSPS) is 17.4. The molecule has 0 aliphatic carbocycles. The molecule has 0 spiro atoms. The molecule has 0 bridgehead atoms. The molecule has 2 N–H and O–H groups in total. The average molecular weight is 353 g/mol. The summed E-state index contributed by atoms with van der Waals surface area (Å²) in [7, 11) is 0. The van der Waals surface area contributed by atoms with Gasteiger partial charge >= 0.3 is 0 Å². The second kappa shape index (κ2) is 7.06. The summed E-state index contributed by atoms with van der Waals surface area (Å²) in [5.41, 5.74) is 2.77. The number of carbonyl (C=O) groups excluding carboxylic acids is 1. The molecule has 1 atom stereocenters. The number of H-pyrrole nitrogens is 1. The summed E-state index contributed by atoms with van der Waals surface area (Å²) in [5, 5.41) is 14.5. The number of carbonyl (C=O) groups is 1. The third-order valence-corrected chi connectivity index (χ3v) is 5.10. The van der Waals surface area contributed by atoms with Crippen molar-refractivity contribution in [2.45, 2.75) is 18.9 Å². The first-order chi connectivity index (χ1) is 12.3. The molecule has 1 aliphatic heterocycles. The SMILES string of the molecule is O=C(N[C@H]1CCCN(c2cc(-c3ccncc3)[nH]n2)C1)c1ccsc1. The van der Waals surface area contributed by atoms with Crippen LogP contribution in [0, 0.1) is 0 Å². The van der Waals surface area contributed by atoms with E-state index in [2.05, 4.69) is 31.5 Å². The van der Waals surface area contributed by atoms with E-state index >= 15 is 0 Å². The molecule has 4 heterocycles. The fraction of sp³-hybridized carbons (Fsp3) is 0.278. The quantitative estimate of drug-likeness (QED) is 0.756. The number of amides is 1. The van der Waals surface area contributed by atoms with E-state index in [9.17, 15) is 4.79 Å². The van der Waals surface area contributed by atoms with E-state index in [4.69, 9.17) is 0 Å². The van der Waals surface area contributed by atoms with Crippen molar-refractivity contribution in [1.82, 2.24) is 20.5 Å². The van der Waals surface area contributed by atoms with E-state index in [1.165, 1.54) is 11.3 Å². The Balaban J connectivity index is 1.43. The van der Waals surface area contributed by atoms with Gasteiger partial charge in [0.05, 0.1) is 5.69 Å². The molecule has 25 heavy (non-hydrogen) atoms. The highest BCUT2D eigenvalue weighted by Crippen LogP contribution is 2.24. The molecule has 6 nitrogen and oxygen atoms in total. The van der Waals surface area contributed by atoms with Crippen molar-refractivity contribution in [2.24, 2.45) is 0 Å². The van der Waals surface area contributed by atoms with E-state index in [-0.39, 0.29) is 11.9 Å². The molecule has 1 amide bonds. The Morgan fingerprint density at radius 1 is 1.32 bits per heavy atom. The van der Waals surface area contributed by atoms with Crippen LogP contribution >= 0.6 is 11.3 Å². The highest BCUT2D eigenvalue weighted by Gasteiger charge is 2.23. The monoisotopic (exact) mass is 353 g/mol. The van der Waals surface area contributed by atoms with Gasteiger partial charge in [-0.05, 0) is 36.4 Å². The van der Waals surface area contributed by atoms with Gasteiger partial charge in [-0.2, -0.15) is 16.4 Å². The molecule has 0 saturated carbocycles. The van der Waals surface area contributed by atoms with Gasteiger partial charge in [-0.3, -0.25) is 14.9 Å². The minimum atomic E-state index is 0.00704. The van der Waals surface area contributed by atoms with Gasteiger partial charge in [-0.1, -0.05) is 0 Å². The zero-order valence-electron chi connectivity index (χ0n) is 13.7. The number of aromatic amines is 1. The lowest BCUT2D eigenvalue weighted by molar-refractivity contribution is 0.0933. The molecule has 3 aromatic heterocycles. The second-order valence-corrected chi connectivity index (χ2v) is 6.93. The standard InChI is InChI=1S/C18H19N5OS/c24-18(14-5-9-25-12-14)20-15-2-1-8-23(11-15)17-10-16(21-22-17)13-3-6-19-7-4-13/h3-7,9-10,12,15H,1-2,8,11H2,(H,20,24)(H,21,22)/t15-/m0/s1. The molecule has 1 saturated heterocycles. The minimum Gasteiger partial charge on any atom is -0.353 e. The number of nitrogens with zero attached hydrogens (tertiary/aromatic N) is 3. The highest BCUT2D eigenvalue weighted by molar-refractivity contribution is 7.08. The van der Waals surface area contributed by atoms with E-state index in [0.29, 0.717) is 0 Å². The Hall–Kier alpha value is -2.67. The molecule has 128 valence electrons. The number of hydrogen-bond acceptors (Lipinski definition) is 5. The molecule has 7 heteroatoms. The topological polar surface area (TPSA) is 73.9 Å².